The molecule has 2 N–H and O–H groups in total. The number of anilines is 2. The van der Waals surface area contributed by atoms with E-state index in [1.54, 1.807) is 13.0 Å². The third-order valence-corrected chi connectivity index (χ3v) is 5.74. The van der Waals surface area contributed by atoms with Gasteiger partial charge < -0.3 is 14.8 Å². The summed E-state index contributed by atoms with van der Waals surface area (Å²) < 4.78 is 38.2. The quantitative estimate of drug-likeness (QED) is 0.672. The number of ether oxygens (including phenoxy) is 2. The molecule has 1 amide bonds. The molecule has 0 spiro atoms. The predicted molar refractivity (Wildman–Crippen MR) is 107 cm³/mol. The van der Waals surface area contributed by atoms with Crippen molar-refractivity contribution >= 4 is 27.6 Å². The SMILES string of the molecule is CC(OCC1CCCCO1)C(=O)Nc1ccc(S(=O)(=O)Nc2ncccn2)cc1. The number of amides is 1. The molecule has 1 aromatic carbocycles. The summed E-state index contributed by atoms with van der Waals surface area (Å²) in [5, 5.41) is 2.71. The van der Waals surface area contributed by atoms with Crippen molar-refractivity contribution in [3.05, 3.63) is 42.7 Å². The van der Waals surface area contributed by atoms with E-state index in [-0.39, 0.29) is 22.9 Å². The zero-order valence-electron chi connectivity index (χ0n) is 16.1. The molecule has 10 heteroatoms. The summed E-state index contributed by atoms with van der Waals surface area (Å²) in [7, 11) is -3.82. The van der Waals surface area contributed by atoms with Crippen LogP contribution in [0.2, 0.25) is 0 Å². The van der Waals surface area contributed by atoms with E-state index >= 15 is 0 Å². The largest absolute Gasteiger partial charge is 0.376 e. The molecule has 1 aliphatic rings. The fraction of sp³-hybridized carbons (Fsp3) is 0.421. The first-order valence-corrected chi connectivity index (χ1v) is 10.9. The maximum atomic E-state index is 12.4. The van der Waals surface area contributed by atoms with Crippen LogP contribution >= 0.6 is 0 Å². The highest BCUT2D eigenvalue weighted by Gasteiger charge is 2.20. The third kappa shape index (κ3) is 6.21. The number of benzene rings is 1. The Balaban J connectivity index is 1.53. The molecule has 1 aromatic heterocycles. The fourth-order valence-electron chi connectivity index (χ4n) is 2.76. The molecule has 0 bridgehead atoms. The molecule has 0 aliphatic carbocycles. The van der Waals surface area contributed by atoms with Gasteiger partial charge in [-0.05, 0) is 56.5 Å². The number of carbonyl (C=O) groups excluding carboxylic acids is 1. The second-order valence-corrected chi connectivity index (χ2v) is 8.34. The van der Waals surface area contributed by atoms with E-state index in [0.717, 1.165) is 25.9 Å². The molecule has 0 radical (unpaired) electrons. The van der Waals surface area contributed by atoms with Gasteiger partial charge >= 0.3 is 0 Å². The van der Waals surface area contributed by atoms with E-state index in [1.165, 1.54) is 36.7 Å². The Morgan fingerprint density at radius 1 is 1.24 bits per heavy atom. The summed E-state index contributed by atoms with van der Waals surface area (Å²) in [6.45, 7) is 2.77. The predicted octanol–water partition coefficient (Wildman–Crippen LogP) is 2.19. The van der Waals surface area contributed by atoms with Gasteiger partial charge in [0.25, 0.3) is 15.9 Å². The Labute approximate surface area is 169 Å². The summed E-state index contributed by atoms with van der Waals surface area (Å²) in [4.78, 5) is 20.0. The Bertz CT molecular complexity index is 900. The lowest BCUT2D eigenvalue weighted by Gasteiger charge is -2.23. The first kappa shape index (κ1) is 21.2. The number of nitrogens with one attached hydrogen (secondary N) is 2. The van der Waals surface area contributed by atoms with Gasteiger partial charge in [-0.2, -0.15) is 0 Å². The van der Waals surface area contributed by atoms with Gasteiger partial charge in [0.05, 0.1) is 17.6 Å². The molecule has 3 rings (SSSR count). The fourth-order valence-corrected chi connectivity index (χ4v) is 3.72. The zero-order valence-corrected chi connectivity index (χ0v) is 16.9. The highest BCUT2D eigenvalue weighted by atomic mass is 32.2. The lowest BCUT2D eigenvalue weighted by molar-refractivity contribution is -0.130. The molecule has 2 unspecified atom stereocenters. The molecular formula is C19H24N4O5S. The van der Waals surface area contributed by atoms with Crippen LogP contribution in [0.25, 0.3) is 0 Å². The minimum Gasteiger partial charge on any atom is -0.376 e. The molecule has 1 aliphatic heterocycles. The summed E-state index contributed by atoms with van der Waals surface area (Å²) in [6.07, 6.45) is 5.36. The first-order chi connectivity index (χ1) is 13.9. The maximum Gasteiger partial charge on any atom is 0.264 e. The van der Waals surface area contributed by atoms with Crippen LogP contribution in [0.1, 0.15) is 26.2 Å². The van der Waals surface area contributed by atoms with Crippen molar-refractivity contribution in [3.8, 4) is 0 Å². The van der Waals surface area contributed by atoms with Crippen molar-refractivity contribution in [2.75, 3.05) is 23.3 Å². The van der Waals surface area contributed by atoms with E-state index in [1.807, 2.05) is 0 Å². The normalized spacial score (nSPS) is 18.0. The summed E-state index contributed by atoms with van der Waals surface area (Å²) in [5.41, 5.74) is 0.467. The van der Waals surface area contributed by atoms with Gasteiger partial charge in [0.1, 0.15) is 6.10 Å². The van der Waals surface area contributed by atoms with Crippen LogP contribution in [-0.4, -0.2) is 49.7 Å². The van der Waals surface area contributed by atoms with Crippen LogP contribution in [0.3, 0.4) is 0 Å². The lowest BCUT2D eigenvalue weighted by Crippen LogP contribution is -2.32. The maximum absolute atomic E-state index is 12.4. The van der Waals surface area contributed by atoms with Crippen molar-refractivity contribution in [1.29, 1.82) is 0 Å². The molecule has 2 heterocycles. The number of hydrogen-bond donors (Lipinski definition) is 2. The summed E-state index contributed by atoms with van der Waals surface area (Å²) in [5.74, 6) is -0.329. The minimum atomic E-state index is -3.82. The van der Waals surface area contributed by atoms with Crippen molar-refractivity contribution in [1.82, 2.24) is 9.97 Å². The molecular weight excluding hydrogens is 396 g/mol. The van der Waals surface area contributed by atoms with Gasteiger partial charge in [0.2, 0.25) is 5.95 Å². The first-order valence-electron chi connectivity index (χ1n) is 9.38. The van der Waals surface area contributed by atoms with E-state index < -0.39 is 16.1 Å². The minimum absolute atomic E-state index is 0.0159. The second kappa shape index (κ2) is 9.77. The van der Waals surface area contributed by atoms with Crippen LogP contribution in [0.15, 0.2) is 47.6 Å². The molecule has 1 saturated heterocycles. The number of nitrogens with zero attached hydrogens (tertiary/aromatic N) is 2. The molecule has 2 atom stereocenters. The van der Waals surface area contributed by atoms with Crippen molar-refractivity contribution in [2.24, 2.45) is 0 Å². The van der Waals surface area contributed by atoms with Crippen molar-refractivity contribution < 1.29 is 22.7 Å². The molecule has 2 aromatic rings. The second-order valence-electron chi connectivity index (χ2n) is 6.66. The Hall–Kier alpha value is -2.56. The van der Waals surface area contributed by atoms with E-state index in [4.69, 9.17) is 9.47 Å². The standard InChI is InChI=1S/C19H24N4O5S/c1-14(28-13-16-5-2-3-12-27-16)18(24)22-15-6-8-17(9-7-15)29(25,26)23-19-20-10-4-11-21-19/h4,6-11,14,16H,2-3,5,12-13H2,1H3,(H,22,24)(H,20,21,23). The van der Waals surface area contributed by atoms with E-state index in [0.29, 0.717) is 12.3 Å². The van der Waals surface area contributed by atoms with E-state index in [2.05, 4.69) is 20.0 Å². The summed E-state index contributed by atoms with van der Waals surface area (Å²) >= 11 is 0. The number of hydrogen-bond acceptors (Lipinski definition) is 7. The smallest absolute Gasteiger partial charge is 0.264 e. The molecule has 29 heavy (non-hydrogen) atoms. The van der Waals surface area contributed by atoms with Gasteiger partial charge in [-0.3, -0.25) is 4.79 Å². The topological polar surface area (TPSA) is 120 Å². The highest BCUT2D eigenvalue weighted by Crippen LogP contribution is 2.17. The van der Waals surface area contributed by atoms with Crippen molar-refractivity contribution in [2.45, 2.75) is 43.3 Å². The van der Waals surface area contributed by atoms with Crippen molar-refractivity contribution in [3.63, 3.8) is 0 Å². The zero-order chi connectivity index (χ0) is 20.7. The third-order valence-electron chi connectivity index (χ3n) is 4.40. The Morgan fingerprint density at radius 2 is 1.97 bits per heavy atom. The molecule has 156 valence electrons. The van der Waals surface area contributed by atoms with Crippen LogP contribution in [0, 0.1) is 0 Å². The van der Waals surface area contributed by atoms with Crippen LogP contribution in [-0.2, 0) is 24.3 Å². The molecule has 0 saturated carbocycles. The average molecular weight is 420 g/mol. The number of aromatic nitrogens is 2. The Kier molecular flexibility index (Phi) is 7.13. The van der Waals surface area contributed by atoms with Gasteiger partial charge in [-0.15, -0.1) is 0 Å². The number of rotatable bonds is 8. The van der Waals surface area contributed by atoms with Crippen LogP contribution < -0.4 is 10.0 Å². The Morgan fingerprint density at radius 3 is 2.62 bits per heavy atom. The monoisotopic (exact) mass is 420 g/mol. The number of carbonyl (C=O) groups is 1. The van der Waals surface area contributed by atoms with Gasteiger partial charge in [-0.1, -0.05) is 0 Å². The van der Waals surface area contributed by atoms with Gasteiger partial charge in [0.15, 0.2) is 0 Å². The van der Waals surface area contributed by atoms with Gasteiger partial charge in [-0.25, -0.2) is 23.1 Å². The lowest BCUT2D eigenvalue weighted by atomic mass is 10.1. The average Bonchev–Trinajstić information content (AvgIpc) is 2.73. The molecule has 1 fully saturated rings. The van der Waals surface area contributed by atoms with E-state index in [9.17, 15) is 13.2 Å². The summed E-state index contributed by atoms with van der Waals surface area (Å²) in [6, 6.07) is 7.39. The molecule has 9 nitrogen and oxygen atoms in total. The van der Waals surface area contributed by atoms with Crippen LogP contribution in [0.5, 0.6) is 0 Å². The van der Waals surface area contributed by atoms with Gasteiger partial charge in [0, 0.05) is 24.7 Å². The van der Waals surface area contributed by atoms with Crippen LogP contribution in [0.4, 0.5) is 11.6 Å². The number of sulfonamides is 1. The highest BCUT2D eigenvalue weighted by molar-refractivity contribution is 7.92.